The van der Waals surface area contributed by atoms with Gasteiger partial charge in [0.15, 0.2) is 0 Å². The molecule has 1 aromatic rings. The molecule has 4 heteroatoms. The van der Waals surface area contributed by atoms with Crippen LogP contribution < -0.4 is 0 Å². The summed E-state index contributed by atoms with van der Waals surface area (Å²) < 4.78 is 0. The van der Waals surface area contributed by atoms with E-state index in [9.17, 15) is 4.79 Å². The molecule has 2 atom stereocenters. The van der Waals surface area contributed by atoms with E-state index >= 15 is 0 Å². The van der Waals surface area contributed by atoms with Gasteiger partial charge in [0.05, 0.1) is 17.3 Å². The molecule has 0 fully saturated rings. The summed E-state index contributed by atoms with van der Waals surface area (Å²) in [6, 6.07) is 10.4. The number of hydrogen-bond donors (Lipinski definition) is 1. The van der Waals surface area contributed by atoms with Crippen LogP contribution in [0.2, 0.25) is 0 Å². The molecule has 0 saturated heterocycles. The summed E-state index contributed by atoms with van der Waals surface area (Å²) in [6.07, 6.45) is 5.22. The molecule has 1 aliphatic carbocycles. The van der Waals surface area contributed by atoms with Crippen molar-refractivity contribution in [3.63, 3.8) is 0 Å². The van der Waals surface area contributed by atoms with Gasteiger partial charge in [-0.3, -0.25) is 5.01 Å². The van der Waals surface area contributed by atoms with Crippen LogP contribution in [-0.4, -0.2) is 28.3 Å². The number of hydrogen-bond acceptors (Lipinski definition) is 3. The highest BCUT2D eigenvalue weighted by atomic mass is 16.4. The molecule has 0 bridgehead atoms. The Hall–Kier alpha value is -2.36. The van der Waals surface area contributed by atoms with Crippen molar-refractivity contribution in [2.24, 2.45) is 11.0 Å². The van der Waals surface area contributed by atoms with Crippen molar-refractivity contribution >= 4 is 11.7 Å². The van der Waals surface area contributed by atoms with E-state index in [4.69, 9.17) is 5.11 Å². The normalized spacial score (nSPS) is 22.1. The Morgan fingerprint density at radius 2 is 2.10 bits per heavy atom. The first-order valence-corrected chi connectivity index (χ1v) is 6.68. The van der Waals surface area contributed by atoms with Gasteiger partial charge >= 0.3 is 5.97 Å². The largest absolute Gasteiger partial charge is 0.478 e. The second-order valence-corrected chi connectivity index (χ2v) is 5.10. The Bertz CT molecular complexity index is 617. The molecule has 3 rings (SSSR count). The highest BCUT2D eigenvalue weighted by Gasteiger charge is 2.29. The van der Waals surface area contributed by atoms with Crippen molar-refractivity contribution < 1.29 is 9.90 Å². The fourth-order valence-electron chi connectivity index (χ4n) is 2.59. The topological polar surface area (TPSA) is 52.9 Å². The molecule has 1 aliphatic heterocycles. The number of aliphatic carboxylic acids is 1. The molecule has 0 amide bonds. The summed E-state index contributed by atoms with van der Waals surface area (Å²) >= 11 is 0. The first-order chi connectivity index (χ1) is 9.65. The SMILES string of the molecule is CC(c1ccccc1)N1CC2C=C(C(=O)O)C=CC2=N1. The fourth-order valence-corrected chi connectivity index (χ4v) is 2.59. The second kappa shape index (κ2) is 4.96. The lowest BCUT2D eigenvalue weighted by atomic mass is 9.95. The van der Waals surface area contributed by atoms with Crippen molar-refractivity contribution in [2.75, 3.05) is 6.54 Å². The number of allylic oxidation sites excluding steroid dienone is 1. The molecule has 2 unspecified atom stereocenters. The highest BCUT2D eigenvalue weighted by Crippen LogP contribution is 2.29. The summed E-state index contributed by atoms with van der Waals surface area (Å²) in [5.74, 6) is -0.799. The summed E-state index contributed by atoms with van der Waals surface area (Å²) in [5, 5.41) is 15.7. The molecule has 0 aromatic heterocycles. The summed E-state index contributed by atoms with van der Waals surface area (Å²) in [4.78, 5) is 11.0. The van der Waals surface area contributed by atoms with Crippen molar-refractivity contribution in [1.29, 1.82) is 0 Å². The number of carboxylic acid groups (broad SMARTS) is 1. The van der Waals surface area contributed by atoms with Gasteiger partial charge in [0.25, 0.3) is 0 Å². The zero-order chi connectivity index (χ0) is 14.1. The molecule has 102 valence electrons. The van der Waals surface area contributed by atoms with Crippen LogP contribution in [-0.2, 0) is 4.79 Å². The zero-order valence-corrected chi connectivity index (χ0v) is 11.2. The zero-order valence-electron chi connectivity index (χ0n) is 11.2. The van der Waals surface area contributed by atoms with Gasteiger partial charge in [0, 0.05) is 12.5 Å². The van der Waals surface area contributed by atoms with E-state index in [0.717, 1.165) is 12.3 Å². The Balaban J connectivity index is 1.80. The number of benzene rings is 1. The van der Waals surface area contributed by atoms with Crippen LogP contribution in [0.25, 0.3) is 0 Å². The van der Waals surface area contributed by atoms with Gasteiger partial charge in [-0.2, -0.15) is 5.10 Å². The van der Waals surface area contributed by atoms with E-state index in [0.29, 0.717) is 5.57 Å². The average Bonchev–Trinajstić information content (AvgIpc) is 2.90. The third-order valence-electron chi connectivity index (χ3n) is 3.80. The van der Waals surface area contributed by atoms with E-state index in [1.54, 1.807) is 12.2 Å². The van der Waals surface area contributed by atoms with E-state index in [2.05, 4.69) is 24.2 Å². The quantitative estimate of drug-likeness (QED) is 0.916. The predicted octanol–water partition coefficient (Wildman–Crippen LogP) is 2.62. The first kappa shape index (κ1) is 12.7. The molecule has 4 nitrogen and oxygen atoms in total. The van der Waals surface area contributed by atoms with Crippen LogP contribution in [0.4, 0.5) is 0 Å². The standard InChI is InChI=1S/C16H16N2O2/c1-11(12-5-3-2-4-6-12)18-10-14-9-13(16(19)20)7-8-15(14)17-18/h2-9,11,14H,10H2,1H3,(H,19,20). The van der Waals surface area contributed by atoms with E-state index in [-0.39, 0.29) is 12.0 Å². The molecule has 1 N–H and O–H groups in total. The van der Waals surface area contributed by atoms with Crippen molar-refractivity contribution in [3.05, 3.63) is 59.7 Å². The van der Waals surface area contributed by atoms with Crippen LogP contribution in [0.3, 0.4) is 0 Å². The minimum Gasteiger partial charge on any atom is -0.478 e. The van der Waals surface area contributed by atoms with Gasteiger partial charge in [-0.25, -0.2) is 4.79 Å². The van der Waals surface area contributed by atoms with Crippen molar-refractivity contribution in [2.45, 2.75) is 13.0 Å². The Kier molecular flexibility index (Phi) is 3.14. The Morgan fingerprint density at radius 1 is 1.35 bits per heavy atom. The van der Waals surface area contributed by atoms with E-state index < -0.39 is 5.97 Å². The van der Waals surface area contributed by atoms with Gasteiger partial charge in [-0.05, 0) is 24.6 Å². The number of hydrazone groups is 1. The van der Waals surface area contributed by atoms with Gasteiger partial charge in [-0.1, -0.05) is 36.4 Å². The molecule has 0 saturated carbocycles. The van der Waals surface area contributed by atoms with E-state index in [1.165, 1.54) is 5.56 Å². The van der Waals surface area contributed by atoms with Crippen LogP contribution in [0.5, 0.6) is 0 Å². The van der Waals surface area contributed by atoms with Gasteiger partial charge < -0.3 is 5.11 Å². The highest BCUT2D eigenvalue weighted by molar-refractivity contribution is 6.04. The summed E-state index contributed by atoms with van der Waals surface area (Å²) in [6.45, 7) is 2.84. The molecule has 0 spiro atoms. The average molecular weight is 268 g/mol. The predicted molar refractivity (Wildman–Crippen MR) is 77.3 cm³/mol. The number of nitrogens with zero attached hydrogens (tertiary/aromatic N) is 2. The summed E-state index contributed by atoms with van der Waals surface area (Å²) in [7, 11) is 0. The second-order valence-electron chi connectivity index (χ2n) is 5.10. The minimum absolute atomic E-state index is 0.0808. The Labute approximate surface area is 117 Å². The summed E-state index contributed by atoms with van der Waals surface area (Å²) in [5.41, 5.74) is 2.50. The molecule has 20 heavy (non-hydrogen) atoms. The van der Waals surface area contributed by atoms with E-state index in [1.807, 2.05) is 29.3 Å². The first-order valence-electron chi connectivity index (χ1n) is 6.68. The lowest BCUT2D eigenvalue weighted by molar-refractivity contribution is -0.132. The van der Waals surface area contributed by atoms with Gasteiger partial charge in [0.1, 0.15) is 0 Å². The number of fused-ring (bicyclic) bond motifs is 1. The number of rotatable bonds is 3. The molecule has 0 radical (unpaired) electrons. The third kappa shape index (κ3) is 2.25. The van der Waals surface area contributed by atoms with Crippen LogP contribution in [0.1, 0.15) is 18.5 Å². The molecule has 1 aromatic carbocycles. The maximum Gasteiger partial charge on any atom is 0.335 e. The molecule has 1 heterocycles. The smallest absolute Gasteiger partial charge is 0.335 e. The Morgan fingerprint density at radius 3 is 2.80 bits per heavy atom. The number of carboxylic acids is 1. The van der Waals surface area contributed by atoms with Gasteiger partial charge in [-0.15, -0.1) is 0 Å². The molecular weight excluding hydrogens is 252 g/mol. The van der Waals surface area contributed by atoms with Gasteiger partial charge in [0.2, 0.25) is 0 Å². The monoisotopic (exact) mass is 268 g/mol. The lowest BCUT2D eigenvalue weighted by Crippen LogP contribution is -2.23. The molecule has 2 aliphatic rings. The third-order valence-corrected chi connectivity index (χ3v) is 3.80. The van der Waals surface area contributed by atoms with Crippen molar-refractivity contribution in [1.82, 2.24) is 5.01 Å². The maximum atomic E-state index is 11.0. The van der Waals surface area contributed by atoms with Crippen molar-refractivity contribution in [3.8, 4) is 0 Å². The molecular formula is C16H16N2O2. The lowest BCUT2D eigenvalue weighted by Gasteiger charge is -2.23. The minimum atomic E-state index is -0.880. The number of carbonyl (C=O) groups is 1. The van der Waals surface area contributed by atoms with Crippen LogP contribution >= 0.6 is 0 Å². The fraction of sp³-hybridized carbons (Fsp3) is 0.250. The van der Waals surface area contributed by atoms with Crippen LogP contribution in [0.15, 0.2) is 59.2 Å². The maximum absolute atomic E-state index is 11.0. The van der Waals surface area contributed by atoms with Crippen LogP contribution in [0, 0.1) is 5.92 Å².